The minimum Gasteiger partial charge on any atom is -0.388 e. The summed E-state index contributed by atoms with van der Waals surface area (Å²) in [5.41, 5.74) is -0.0757. The van der Waals surface area contributed by atoms with E-state index in [1.165, 1.54) is 4.90 Å². The van der Waals surface area contributed by atoms with E-state index in [4.69, 9.17) is 0 Å². The Morgan fingerprint density at radius 1 is 1.05 bits per heavy atom. The van der Waals surface area contributed by atoms with Gasteiger partial charge in [-0.05, 0) is 31.0 Å². The number of amides is 2. The van der Waals surface area contributed by atoms with Crippen molar-refractivity contribution >= 4 is 27.7 Å². The molecule has 0 aromatic heterocycles. The molecule has 1 saturated carbocycles. The van der Waals surface area contributed by atoms with Crippen molar-refractivity contribution in [2.45, 2.75) is 44.1 Å². The lowest BCUT2D eigenvalue weighted by Crippen LogP contribution is -2.45. The Morgan fingerprint density at radius 3 is 2.33 bits per heavy atom. The molecule has 1 fully saturated rings. The summed E-state index contributed by atoms with van der Waals surface area (Å²) < 4.78 is 0.775. The summed E-state index contributed by atoms with van der Waals surface area (Å²) in [6.07, 6.45) is 5.43. The number of halogens is 1. The zero-order valence-corrected chi connectivity index (χ0v) is 13.4. The van der Waals surface area contributed by atoms with Gasteiger partial charge in [0.05, 0.1) is 23.3 Å². The summed E-state index contributed by atoms with van der Waals surface area (Å²) in [7, 11) is 0. The molecule has 1 aromatic rings. The Labute approximate surface area is 132 Å². The Hall–Kier alpha value is -1.20. The molecule has 5 heteroatoms. The number of benzene rings is 1. The number of carbonyl (C=O) groups excluding carboxylic acids is 2. The van der Waals surface area contributed by atoms with Crippen LogP contribution >= 0.6 is 15.9 Å². The molecule has 0 bridgehead atoms. The SMILES string of the molecule is O=C1c2ccc(Br)cc2C(=O)N1CC1(O)CCCCCC1. The molecule has 2 amide bonds. The lowest BCUT2D eigenvalue weighted by molar-refractivity contribution is -0.00269. The fraction of sp³-hybridized carbons (Fsp3) is 0.500. The van der Waals surface area contributed by atoms with Gasteiger partial charge in [-0.2, -0.15) is 0 Å². The summed E-state index contributed by atoms with van der Waals surface area (Å²) in [4.78, 5) is 26.0. The molecule has 0 spiro atoms. The highest BCUT2D eigenvalue weighted by atomic mass is 79.9. The summed E-state index contributed by atoms with van der Waals surface area (Å²) in [5, 5.41) is 10.7. The zero-order valence-electron chi connectivity index (χ0n) is 11.8. The average Bonchev–Trinajstić information content (AvgIpc) is 2.62. The molecule has 0 atom stereocenters. The van der Waals surface area contributed by atoms with E-state index in [2.05, 4.69) is 15.9 Å². The maximum Gasteiger partial charge on any atom is 0.261 e. The number of hydrogen-bond acceptors (Lipinski definition) is 3. The van der Waals surface area contributed by atoms with Gasteiger partial charge in [0.1, 0.15) is 0 Å². The van der Waals surface area contributed by atoms with Crippen LogP contribution in [0.25, 0.3) is 0 Å². The van der Waals surface area contributed by atoms with Crippen molar-refractivity contribution in [2.75, 3.05) is 6.54 Å². The lowest BCUT2D eigenvalue weighted by atomic mass is 9.94. The number of rotatable bonds is 2. The summed E-state index contributed by atoms with van der Waals surface area (Å²) in [5.74, 6) is -0.589. The van der Waals surface area contributed by atoms with Crippen LogP contribution in [0.3, 0.4) is 0 Å². The lowest BCUT2D eigenvalue weighted by Gasteiger charge is -2.30. The first-order chi connectivity index (χ1) is 10.0. The topological polar surface area (TPSA) is 57.6 Å². The molecule has 1 aliphatic carbocycles. The van der Waals surface area contributed by atoms with E-state index in [9.17, 15) is 14.7 Å². The first-order valence-electron chi connectivity index (χ1n) is 7.38. The molecule has 1 heterocycles. The van der Waals surface area contributed by atoms with E-state index in [0.29, 0.717) is 24.0 Å². The Morgan fingerprint density at radius 2 is 1.67 bits per heavy atom. The molecular weight excluding hydrogens is 334 g/mol. The van der Waals surface area contributed by atoms with Gasteiger partial charge in [0.15, 0.2) is 0 Å². The number of nitrogens with zero attached hydrogens (tertiary/aromatic N) is 1. The number of hydrogen-bond donors (Lipinski definition) is 1. The van der Waals surface area contributed by atoms with Gasteiger partial charge >= 0.3 is 0 Å². The highest BCUT2D eigenvalue weighted by Crippen LogP contribution is 2.32. The fourth-order valence-electron chi connectivity index (χ4n) is 3.25. The van der Waals surface area contributed by atoms with Crippen LogP contribution in [0.5, 0.6) is 0 Å². The summed E-state index contributed by atoms with van der Waals surface area (Å²) >= 11 is 3.32. The average molecular weight is 352 g/mol. The van der Waals surface area contributed by atoms with Crippen LogP contribution in [0.1, 0.15) is 59.2 Å². The molecule has 1 aromatic carbocycles. The predicted octanol–water partition coefficient (Wildman–Crippen LogP) is 3.13. The largest absolute Gasteiger partial charge is 0.388 e. The molecule has 112 valence electrons. The molecule has 0 unspecified atom stereocenters. The maximum atomic E-state index is 12.4. The van der Waals surface area contributed by atoms with Gasteiger partial charge in [0.2, 0.25) is 0 Å². The van der Waals surface area contributed by atoms with Crippen LogP contribution in [-0.2, 0) is 0 Å². The van der Waals surface area contributed by atoms with Crippen LogP contribution < -0.4 is 0 Å². The molecule has 21 heavy (non-hydrogen) atoms. The smallest absolute Gasteiger partial charge is 0.261 e. The maximum absolute atomic E-state index is 12.4. The monoisotopic (exact) mass is 351 g/mol. The zero-order chi connectivity index (χ0) is 15.0. The number of aliphatic hydroxyl groups is 1. The third-order valence-corrected chi connectivity index (χ3v) is 4.91. The second kappa shape index (κ2) is 5.54. The van der Waals surface area contributed by atoms with E-state index in [1.807, 2.05) is 0 Å². The third-order valence-electron chi connectivity index (χ3n) is 4.42. The second-order valence-corrected chi connectivity index (χ2v) is 6.94. The van der Waals surface area contributed by atoms with Crippen molar-refractivity contribution in [1.29, 1.82) is 0 Å². The molecule has 3 rings (SSSR count). The van der Waals surface area contributed by atoms with Gasteiger partial charge in [-0.1, -0.05) is 41.6 Å². The molecular formula is C16H18BrNO3. The number of β-amino-alcohol motifs (C(OH)–C–C–N with tert-alkyl or cyclic N) is 1. The van der Waals surface area contributed by atoms with E-state index >= 15 is 0 Å². The predicted molar refractivity (Wildman–Crippen MR) is 82.2 cm³/mol. The minimum absolute atomic E-state index is 0.108. The Kier molecular flexibility index (Phi) is 3.88. The van der Waals surface area contributed by atoms with Gasteiger partial charge in [-0.3, -0.25) is 14.5 Å². The molecule has 1 aliphatic heterocycles. The quantitative estimate of drug-likeness (QED) is 0.657. The second-order valence-electron chi connectivity index (χ2n) is 6.02. The van der Waals surface area contributed by atoms with Gasteiger partial charge in [-0.25, -0.2) is 0 Å². The molecule has 0 saturated heterocycles. The van der Waals surface area contributed by atoms with Crippen molar-refractivity contribution in [1.82, 2.24) is 4.90 Å². The van der Waals surface area contributed by atoms with Gasteiger partial charge < -0.3 is 5.11 Å². The van der Waals surface area contributed by atoms with Crippen LogP contribution in [-0.4, -0.2) is 34.0 Å². The summed E-state index contributed by atoms with van der Waals surface area (Å²) in [6.45, 7) is 0.108. The third kappa shape index (κ3) is 2.77. The van der Waals surface area contributed by atoms with Crippen LogP contribution in [0.4, 0.5) is 0 Å². The highest BCUT2D eigenvalue weighted by Gasteiger charge is 2.41. The molecule has 4 nitrogen and oxygen atoms in total. The number of imide groups is 1. The summed E-state index contributed by atoms with van der Waals surface area (Å²) in [6, 6.07) is 5.09. The van der Waals surface area contributed by atoms with E-state index < -0.39 is 5.60 Å². The van der Waals surface area contributed by atoms with Crippen LogP contribution in [0.15, 0.2) is 22.7 Å². The first kappa shape index (κ1) is 14.7. The molecule has 2 aliphatic rings. The minimum atomic E-state index is -0.929. The van der Waals surface area contributed by atoms with E-state index in [0.717, 1.165) is 30.2 Å². The van der Waals surface area contributed by atoms with Crippen molar-refractivity contribution < 1.29 is 14.7 Å². The molecule has 0 radical (unpaired) electrons. The number of carbonyl (C=O) groups is 2. The first-order valence-corrected chi connectivity index (χ1v) is 8.18. The van der Waals surface area contributed by atoms with E-state index in [-0.39, 0.29) is 18.4 Å². The van der Waals surface area contributed by atoms with Crippen LogP contribution in [0.2, 0.25) is 0 Å². The fourth-order valence-corrected chi connectivity index (χ4v) is 3.61. The number of fused-ring (bicyclic) bond motifs is 1. The van der Waals surface area contributed by atoms with Gasteiger partial charge in [0, 0.05) is 4.47 Å². The van der Waals surface area contributed by atoms with Gasteiger partial charge in [-0.15, -0.1) is 0 Å². The van der Waals surface area contributed by atoms with Gasteiger partial charge in [0.25, 0.3) is 11.8 Å². The van der Waals surface area contributed by atoms with Crippen molar-refractivity contribution in [2.24, 2.45) is 0 Å². The normalized spacial score (nSPS) is 21.3. The highest BCUT2D eigenvalue weighted by molar-refractivity contribution is 9.10. The molecule has 1 N–H and O–H groups in total. The van der Waals surface area contributed by atoms with E-state index in [1.54, 1.807) is 18.2 Å². The van der Waals surface area contributed by atoms with Crippen molar-refractivity contribution in [3.63, 3.8) is 0 Å². The Balaban J connectivity index is 1.84. The van der Waals surface area contributed by atoms with Crippen molar-refractivity contribution in [3.8, 4) is 0 Å². The van der Waals surface area contributed by atoms with Crippen LogP contribution in [0, 0.1) is 0 Å². The Bertz CT molecular complexity index is 591. The van der Waals surface area contributed by atoms with Crippen molar-refractivity contribution in [3.05, 3.63) is 33.8 Å². The standard InChI is InChI=1S/C16H18BrNO3/c17-11-5-6-12-13(9-11)15(20)18(14(12)19)10-16(21)7-3-1-2-4-8-16/h5-6,9,21H,1-4,7-8,10H2.